The van der Waals surface area contributed by atoms with Crippen molar-refractivity contribution in [3.05, 3.63) is 0 Å². The summed E-state index contributed by atoms with van der Waals surface area (Å²) in [4.78, 5) is 0. The van der Waals surface area contributed by atoms with Crippen LogP contribution in [-0.2, 0) is 19.4 Å². The van der Waals surface area contributed by atoms with Crippen LogP contribution in [0.2, 0.25) is 0 Å². The molecule has 0 saturated heterocycles. The van der Waals surface area contributed by atoms with E-state index in [0.29, 0.717) is 0 Å². The molecule has 0 unspecified atom stereocenters. The first-order valence-corrected chi connectivity index (χ1v) is 18.6. The summed E-state index contributed by atoms with van der Waals surface area (Å²) in [6.07, 6.45) is 0. The van der Waals surface area contributed by atoms with Gasteiger partial charge in [0.05, 0.1) is 0 Å². The van der Waals surface area contributed by atoms with E-state index < -0.39 is 0 Å². The molecule has 9 heteroatoms. The van der Waals surface area contributed by atoms with E-state index in [1.165, 1.54) is 0 Å². The molecule has 64 valence electrons. The van der Waals surface area contributed by atoms with Crippen LogP contribution < -0.4 is 0 Å². The van der Waals surface area contributed by atoms with E-state index in [0.717, 1.165) is 0 Å². The topological polar surface area (TPSA) is 189 Å². The fraction of sp³-hybridized carbons (Fsp3) is 0. The van der Waals surface area contributed by atoms with Crippen LogP contribution in [0.25, 0.3) is 0 Å². The van der Waals surface area contributed by atoms with Gasteiger partial charge >= 0.3 is 43.4 Å². The molecule has 0 aromatic rings. The molecule has 0 aromatic heterocycles. The van der Waals surface area contributed by atoms with Crippen LogP contribution in [0.1, 0.15) is 0 Å². The molecule has 0 rings (SSSR count). The standard InChI is InChI=1S/2BrH.Cd.6H2O/h2*1H;;6*1H2/q;;+2;;;;;;/p-2. The second-order valence-corrected chi connectivity index (χ2v) is 18.3. The normalized spacial score (nSPS) is 1.11. The van der Waals surface area contributed by atoms with Crippen molar-refractivity contribution in [3.8, 4) is 0 Å². The Hall–Kier alpha value is 1.64. The summed E-state index contributed by atoms with van der Waals surface area (Å²) in [5.74, 6) is 0. The van der Waals surface area contributed by atoms with Gasteiger partial charge in [-0.05, 0) is 0 Å². The summed E-state index contributed by atoms with van der Waals surface area (Å²) in [7, 11) is 0. The fourth-order valence-electron chi connectivity index (χ4n) is 0. The van der Waals surface area contributed by atoms with Crippen molar-refractivity contribution in [1.82, 2.24) is 0 Å². The molecule has 0 spiro atoms. The Kier molecular flexibility index (Phi) is 855. The van der Waals surface area contributed by atoms with Crippen LogP contribution in [0.5, 0.6) is 0 Å². The molecule has 0 aliphatic carbocycles. The monoisotopic (exact) mass is 380 g/mol. The molecule has 6 nitrogen and oxygen atoms in total. The third kappa shape index (κ3) is 209. The number of hydrogen-bond acceptors (Lipinski definition) is 0. The minimum absolute atomic E-state index is 0. The van der Waals surface area contributed by atoms with Gasteiger partial charge in [0.25, 0.3) is 0 Å². The first-order chi connectivity index (χ1) is 1.41. The number of halogens is 2. The molecule has 0 aliphatic heterocycles. The SMILES string of the molecule is O.O.O.O.O.O.[Br][Cd][Br]. The van der Waals surface area contributed by atoms with Crippen molar-refractivity contribution in [2.75, 3.05) is 0 Å². The van der Waals surface area contributed by atoms with E-state index in [1.54, 1.807) is 0 Å². The van der Waals surface area contributed by atoms with Crippen LogP contribution in [0.15, 0.2) is 0 Å². The molecule has 0 aromatic carbocycles. The Morgan fingerprint density at radius 1 is 0.556 bits per heavy atom. The molecule has 0 saturated carbocycles. The summed E-state index contributed by atoms with van der Waals surface area (Å²) in [6, 6.07) is 0. The van der Waals surface area contributed by atoms with Gasteiger partial charge in [-0.15, -0.1) is 0 Å². The maximum atomic E-state index is 3.27. The van der Waals surface area contributed by atoms with Gasteiger partial charge in [0.1, 0.15) is 0 Å². The molecule has 0 atom stereocenters. The van der Waals surface area contributed by atoms with E-state index in [9.17, 15) is 0 Å². The summed E-state index contributed by atoms with van der Waals surface area (Å²) >= 11 is 6.16. The van der Waals surface area contributed by atoms with Crippen molar-refractivity contribution < 1.29 is 52.3 Å². The molecule has 12 N–H and O–H groups in total. The third-order valence-corrected chi connectivity index (χ3v) is 0. The predicted octanol–water partition coefficient (Wildman–Crippen LogP) is -3.26. The van der Waals surface area contributed by atoms with Gasteiger partial charge in [0.15, 0.2) is 0 Å². The van der Waals surface area contributed by atoms with E-state index >= 15 is 0 Å². The molecular weight excluding hydrogens is 368 g/mol. The number of rotatable bonds is 0. The van der Waals surface area contributed by atoms with Gasteiger partial charge in [-0.25, -0.2) is 0 Å². The Labute approximate surface area is 75.7 Å². The van der Waals surface area contributed by atoms with Gasteiger partial charge in [-0.1, -0.05) is 0 Å². The number of hydrogen-bond donors (Lipinski definition) is 0. The predicted molar refractivity (Wildman–Crippen MR) is 39.5 cm³/mol. The third-order valence-electron chi connectivity index (χ3n) is 0. The molecule has 0 radical (unpaired) electrons. The van der Waals surface area contributed by atoms with Gasteiger partial charge in [-0.3, -0.25) is 0 Å². The quantitative estimate of drug-likeness (QED) is 0.382. The fourth-order valence-corrected chi connectivity index (χ4v) is 0. The Morgan fingerprint density at radius 2 is 0.556 bits per heavy atom. The molecule has 0 heterocycles. The van der Waals surface area contributed by atoms with Gasteiger partial charge in [0, 0.05) is 0 Å². The summed E-state index contributed by atoms with van der Waals surface area (Å²) in [5.41, 5.74) is 0. The molecule has 0 aliphatic rings. The van der Waals surface area contributed by atoms with Crippen molar-refractivity contribution in [2.45, 2.75) is 0 Å². The van der Waals surface area contributed by atoms with Gasteiger partial charge in [-0.2, -0.15) is 0 Å². The second-order valence-electron chi connectivity index (χ2n) is 0.101. The zero-order chi connectivity index (χ0) is 2.71. The van der Waals surface area contributed by atoms with Crippen LogP contribution >= 0.6 is 24.0 Å². The van der Waals surface area contributed by atoms with Gasteiger partial charge < -0.3 is 32.9 Å². The molecule has 0 bridgehead atoms. The first-order valence-electron chi connectivity index (χ1n) is 0.535. The van der Waals surface area contributed by atoms with E-state index in [-0.39, 0.29) is 52.3 Å². The van der Waals surface area contributed by atoms with Gasteiger partial charge in [0.2, 0.25) is 0 Å². The molecule has 0 amide bonds. The first kappa shape index (κ1) is 74.6. The second kappa shape index (κ2) is 103. The Balaban J connectivity index is -0.00000000133. The summed E-state index contributed by atoms with van der Waals surface area (Å²) < 4.78 is 0. The summed E-state index contributed by atoms with van der Waals surface area (Å²) in [6.45, 7) is 0. The average molecular weight is 380 g/mol. The van der Waals surface area contributed by atoms with E-state index in [2.05, 4.69) is 24.0 Å². The van der Waals surface area contributed by atoms with Crippen molar-refractivity contribution in [3.63, 3.8) is 0 Å². The van der Waals surface area contributed by atoms with E-state index in [1.807, 2.05) is 0 Å². The van der Waals surface area contributed by atoms with Crippen LogP contribution in [0, 0.1) is 0 Å². The molecule has 0 fully saturated rings. The maximum absolute atomic E-state index is 3.27. The Bertz CT molecular complexity index is 11.0. The average Bonchev–Trinajstić information content (AvgIpc) is 0.918. The van der Waals surface area contributed by atoms with Crippen LogP contribution in [0.3, 0.4) is 0 Å². The zero-order valence-corrected chi connectivity index (χ0v) is 11.7. The minimum atomic E-state index is -0.385. The molecule has 9 heavy (non-hydrogen) atoms. The van der Waals surface area contributed by atoms with Crippen molar-refractivity contribution >= 4 is 24.0 Å². The van der Waals surface area contributed by atoms with Crippen molar-refractivity contribution in [2.24, 2.45) is 0 Å². The Morgan fingerprint density at radius 3 is 0.556 bits per heavy atom. The molecular formula is H12Br2CdO6. The van der Waals surface area contributed by atoms with E-state index in [4.69, 9.17) is 0 Å². The summed E-state index contributed by atoms with van der Waals surface area (Å²) in [5, 5.41) is 0. The van der Waals surface area contributed by atoms with Crippen LogP contribution in [-0.4, -0.2) is 32.9 Å². The zero-order valence-electron chi connectivity index (χ0n) is 4.46. The van der Waals surface area contributed by atoms with Crippen LogP contribution in [0.4, 0.5) is 0 Å². The van der Waals surface area contributed by atoms with Crippen molar-refractivity contribution in [1.29, 1.82) is 0 Å².